The van der Waals surface area contributed by atoms with Crippen molar-refractivity contribution >= 4 is 0 Å². The summed E-state index contributed by atoms with van der Waals surface area (Å²) < 4.78 is 15.8. The molecule has 0 aliphatic heterocycles. The van der Waals surface area contributed by atoms with Gasteiger partial charge in [0.1, 0.15) is 12.4 Å². The number of hydrogen-bond donors (Lipinski definition) is 1. The summed E-state index contributed by atoms with van der Waals surface area (Å²) in [7, 11) is 1.65. The number of methoxy groups -OCH3 is 1. The molecule has 0 unspecified atom stereocenters. The van der Waals surface area contributed by atoms with Gasteiger partial charge >= 0.3 is 0 Å². The van der Waals surface area contributed by atoms with E-state index in [-0.39, 0.29) is 0 Å². The van der Waals surface area contributed by atoms with Crippen LogP contribution in [0.3, 0.4) is 0 Å². The summed E-state index contributed by atoms with van der Waals surface area (Å²) in [6.07, 6.45) is 3.68. The predicted octanol–water partition coefficient (Wildman–Crippen LogP) is 1.38. The molecule has 0 aliphatic carbocycles. The van der Waals surface area contributed by atoms with Crippen LogP contribution in [0.25, 0.3) is 0 Å². The van der Waals surface area contributed by atoms with Gasteiger partial charge in [0.25, 0.3) is 0 Å². The Morgan fingerprint density at radius 2 is 2.24 bits per heavy atom. The highest BCUT2D eigenvalue weighted by Gasteiger charge is 2.03. The van der Waals surface area contributed by atoms with Gasteiger partial charge in [-0.3, -0.25) is 0 Å². The molecule has 0 bridgehead atoms. The molecule has 98 valence electrons. The van der Waals surface area contributed by atoms with E-state index >= 15 is 0 Å². The zero-order chi connectivity index (χ0) is 12.3. The number of nitrogens with one attached hydrogen (secondary N) is 1. The molecule has 17 heavy (non-hydrogen) atoms. The van der Waals surface area contributed by atoms with Crippen molar-refractivity contribution in [2.75, 3.05) is 33.4 Å². The van der Waals surface area contributed by atoms with Crippen LogP contribution < -0.4 is 5.32 Å². The summed E-state index contributed by atoms with van der Waals surface area (Å²) >= 11 is 0. The van der Waals surface area contributed by atoms with Gasteiger partial charge in [0.2, 0.25) is 0 Å². The lowest BCUT2D eigenvalue weighted by Crippen LogP contribution is -2.17. The second-order valence-corrected chi connectivity index (χ2v) is 3.77. The van der Waals surface area contributed by atoms with Crippen LogP contribution >= 0.6 is 0 Å². The van der Waals surface area contributed by atoms with Crippen LogP contribution in [0.1, 0.15) is 25.0 Å². The standard InChI is InChI=1S/C12H22N2O3/c1-3-5-13-6-4-12-14-9-11(17-12)10-16-8-7-15-2/h9,13H,3-8,10H2,1-2H3. The van der Waals surface area contributed by atoms with Crippen LogP contribution in [0.4, 0.5) is 0 Å². The second-order valence-electron chi connectivity index (χ2n) is 3.77. The summed E-state index contributed by atoms with van der Waals surface area (Å²) in [5, 5.41) is 3.30. The quantitative estimate of drug-likeness (QED) is 0.628. The lowest BCUT2D eigenvalue weighted by atomic mass is 10.4. The molecule has 0 aromatic carbocycles. The summed E-state index contributed by atoms with van der Waals surface area (Å²) in [6.45, 7) is 5.71. The third kappa shape index (κ3) is 6.41. The van der Waals surface area contributed by atoms with Gasteiger partial charge in [-0.05, 0) is 13.0 Å². The van der Waals surface area contributed by atoms with Crippen LogP contribution in [0.5, 0.6) is 0 Å². The first kappa shape index (κ1) is 14.2. The summed E-state index contributed by atoms with van der Waals surface area (Å²) in [4.78, 5) is 4.19. The average molecular weight is 242 g/mol. The number of rotatable bonds is 10. The van der Waals surface area contributed by atoms with Crippen molar-refractivity contribution in [2.24, 2.45) is 0 Å². The van der Waals surface area contributed by atoms with Crippen molar-refractivity contribution in [1.29, 1.82) is 0 Å². The van der Waals surface area contributed by atoms with Crippen molar-refractivity contribution in [2.45, 2.75) is 26.4 Å². The number of aromatic nitrogens is 1. The van der Waals surface area contributed by atoms with E-state index in [4.69, 9.17) is 13.9 Å². The number of ether oxygens (including phenoxy) is 2. The molecule has 0 saturated carbocycles. The highest BCUT2D eigenvalue weighted by Crippen LogP contribution is 2.05. The van der Waals surface area contributed by atoms with E-state index in [9.17, 15) is 0 Å². The third-order valence-corrected chi connectivity index (χ3v) is 2.22. The van der Waals surface area contributed by atoms with Gasteiger partial charge in [0, 0.05) is 20.1 Å². The summed E-state index contributed by atoms with van der Waals surface area (Å²) in [5.74, 6) is 1.53. The zero-order valence-electron chi connectivity index (χ0n) is 10.7. The molecule has 0 amide bonds. The molecule has 0 radical (unpaired) electrons. The summed E-state index contributed by atoms with van der Waals surface area (Å²) in [6, 6.07) is 0. The first-order valence-electron chi connectivity index (χ1n) is 6.07. The lowest BCUT2D eigenvalue weighted by Gasteiger charge is -2.00. The van der Waals surface area contributed by atoms with Crippen molar-refractivity contribution in [1.82, 2.24) is 10.3 Å². The van der Waals surface area contributed by atoms with Gasteiger partial charge in [-0.2, -0.15) is 0 Å². The Labute approximate surface area is 103 Å². The Balaban J connectivity index is 2.14. The van der Waals surface area contributed by atoms with E-state index in [0.717, 1.165) is 37.6 Å². The molecular formula is C12H22N2O3. The number of hydrogen-bond acceptors (Lipinski definition) is 5. The van der Waals surface area contributed by atoms with E-state index in [2.05, 4.69) is 17.2 Å². The number of nitrogens with zero attached hydrogens (tertiary/aromatic N) is 1. The Morgan fingerprint density at radius 1 is 1.35 bits per heavy atom. The second kappa shape index (κ2) is 9.15. The maximum absolute atomic E-state index is 5.53. The van der Waals surface area contributed by atoms with Crippen LogP contribution in [0, 0.1) is 0 Å². The van der Waals surface area contributed by atoms with E-state index in [0.29, 0.717) is 19.8 Å². The fourth-order valence-electron chi connectivity index (χ4n) is 1.34. The molecule has 1 heterocycles. The Morgan fingerprint density at radius 3 is 3.00 bits per heavy atom. The Bertz CT molecular complexity index is 263. The molecule has 0 spiro atoms. The fraction of sp³-hybridized carbons (Fsp3) is 0.750. The minimum atomic E-state index is 0.457. The molecule has 0 saturated heterocycles. The van der Waals surface area contributed by atoms with Crippen molar-refractivity contribution in [3.05, 3.63) is 17.8 Å². The Kier molecular flexibility index (Phi) is 7.62. The van der Waals surface area contributed by atoms with Crippen LogP contribution in [-0.2, 0) is 22.5 Å². The minimum Gasteiger partial charge on any atom is -0.443 e. The smallest absolute Gasteiger partial charge is 0.195 e. The Hall–Kier alpha value is -0.910. The molecule has 5 nitrogen and oxygen atoms in total. The first-order valence-corrected chi connectivity index (χ1v) is 6.07. The van der Waals surface area contributed by atoms with Crippen molar-refractivity contribution in [3.8, 4) is 0 Å². The van der Waals surface area contributed by atoms with Crippen LogP contribution in [-0.4, -0.2) is 38.4 Å². The van der Waals surface area contributed by atoms with E-state index in [1.807, 2.05) is 0 Å². The summed E-state index contributed by atoms with van der Waals surface area (Å²) in [5.41, 5.74) is 0. The monoisotopic (exact) mass is 242 g/mol. The molecule has 0 fully saturated rings. The largest absolute Gasteiger partial charge is 0.443 e. The van der Waals surface area contributed by atoms with Crippen molar-refractivity contribution in [3.63, 3.8) is 0 Å². The normalized spacial score (nSPS) is 10.9. The predicted molar refractivity (Wildman–Crippen MR) is 64.9 cm³/mol. The van der Waals surface area contributed by atoms with Gasteiger partial charge in [0.15, 0.2) is 5.89 Å². The van der Waals surface area contributed by atoms with Gasteiger partial charge in [-0.15, -0.1) is 0 Å². The number of oxazole rings is 1. The molecule has 1 aromatic rings. The van der Waals surface area contributed by atoms with Gasteiger partial charge in [0.05, 0.1) is 19.4 Å². The molecule has 1 rings (SSSR count). The highest BCUT2D eigenvalue weighted by molar-refractivity contribution is 4.92. The molecular weight excluding hydrogens is 220 g/mol. The fourth-order valence-corrected chi connectivity index (χ4v) is 1.34. The SMILES string of the molecule is CCCNCCc1ncc(COCCOC)o1. The zero-order valence-corrected chi connectivity index (χ0v) is 10.7. The topological polar surface area (TPSA) is 56.5 Å². The molecule has 5 heteroatoms. The van der Waals surface area contributed by atoms with E-state index < -0.39 is 0 Å². The highest BCUT2D eigenvalue weighted by atomic mass is 16.5. The van der Waals surface area contributed by atoms with E-state index in [1.165, 1.54) is 0 Å². The molecule has 0 aliphatic rings. The third-order valence-electron chi connectivity index (χ3n) is 2.22. The van der Waals surface area contributed by atoms with Crippen LogP contribution in [0.15, 0.2) is 10.6 Å². The van der Waals surface area contributed by atoms with Gasteiger partial charge in [-0.25, -0.2) is 4.98 Å². The maximum atomic E-state index is 5.53. The first-order chi connectivity index (χ1) is 8.36. The maximum Gasteiger partial charge on any atom is 0.195 e. The van der Waals surface area contributed by atoms with E-state index in [1.54, 1.807) is 13.3 Å². The van der Waals surface area contributed by atoms with Gasteiger partial charge in [-0.1, -0.05) is 6.92 Å². The lowest BCUT2D eigenvalue weighted by molar-refractivity contribution is 0.0534. The van der Waals surface area contributed by atoms with Gasteiger partial charge < -0.3 is 19.2 Å². The minimum absolute atomic E-state index is 0.457. The van der Waals surface area contributed by atoms with Crippen LogP contribution in [0.2, 0.25) is 0 Å². The molecule has 0 atom stereocenters. The molecule has 1 aromatic heterocycles. The average Bonchev–Trinajstić information content (AvgIpc) is 2.78. The van der Waals surface area contributed by atoms with Crippen molar-refractivity contribution < 1.29 is 13.9 Å². The molecule has 1 N–H and O–H groups in total.